The summed E-state index contributed by atoms with van der Waals surface area (Å²) in [5.41, 5.74) is 0.556. The summed E-state index contributed by atoms with van der Waals surface area (Å²) < 4.78 is 7.54. The summed E-state index contributed by atoms with van der Waals surface area (Å²) >= 11 is 0. The summed E-state index contributed by atoms with van der Waals surface area (Å²) in [6, 6.07) is 0. The van der Waals surface area contributed by atoms with E-state index in [4.69, 9.17) is 4.74 Å². The van der Waals surface area contributed by atoms with E-state index >= 15 is 0 Å². The second-order valence-electron chi connectivity index (χ2n) is 7.01. The van der Waals surface area contributed by atoms with E-state index in [1.165, 1.54) is 0 Å². The third-order valence-electron chi connectivity index (χ3n) is 5.41. The zero-order valence-electron chi connectivity index (χ0n) is 15.8. The number of rotatable bonds is 4. The van der Waals surface area contributed by atoms with Crippen molar-refractivity contribution in [3.05, 3.63) is 36.2 Å². The molecular weight excluding hydrogens is 344 g/mol. The highest BCUT2D eigenvalue weighted by atomic mass is 16.5. The van der Waals surface area contributed by atoms with Crippen molar-refractivity contribution in [1.82, 2.24) is 24.4 Å². The Morgan fingerprint density at radius 1 is 1.11 bits per heavy atom. The van der Waals surface area contributed by atoms with Crippen molar-refractivity contribution in [3.63, 3.8) is 0 Å². The average molecular weight is 370 g/mol. The lowest BCUT2D eigenvalue weighted by atomic mass is 9.95. The lowest BCUT2D eigenvalue weighted by Gasteiger charge is -2.32. The highest BCUT2D eigenvalue weighted by molar-refractivity contribution is 5.93. The summed E-state index contributed by atoms with van der Waals surface area (Å²) in [5.74, 6) is 2.24. The number of nitrogens with zero attached hydrogens (tertiary/aromatic N) is 6. The van der Waals surface area contributed by atoms with E-state index in [0.717, 1.165) is 51.4 Å². The molecule has 0 unspecified atom stereocenters. The van der Waals surface area contributed by atoms with Crippen molar-refractivity contribution in [2.75, 3.05) is 44.3 Å². The van der Waals surface area contributed by atoms with E-state index in [9.17, 15) is 4.79 Å². The molecule has 8 heteroatoms. The molecule has 0 radical (unpaired) electrons. The number of likely N-dealkylation sites (tertiary alicyclic amines) is 1. The Morgan fingerprint density at radius 3 is 2.48 bits per heavy atom. The summed E-state index contributed by atoms with van der Waals surface area (Å²) in [5, 5.41) is 0. The molecule has 2 aliphatic heterocycles. The number of piperidine rings is 1. The number of carbonyl (C=O) groups excluding carboxylic acids is 1. The molecule has 0 N–H and O–H groups in total. The number of amides is 1. The zero-order chi connectivity index (χ0) is 18.6. The summed E-state index contributed by atoms with van der Waals surface area (Å²) in [6.45, 7) is 7.50. The van der Waals surface area contributed by atoms with E-state index in [0.29, 0.717) is 30.6 Å². The highest BCUT2D eigenvalue weighted by Crippen LogP contribution is 2.27. The minimum atomic E-state index is 0.0146. The van der Waals surface area contributed by atoms with Crippen molar-refractivity contribution in [2.24, 2.45) is 0 Å². The maximum Gasteiger partial charge on any atom is 0.256 e. The summed E-state index contributed by atoms with van der Waals surface area (Å²) in [4.78, 5) is 30.1. The van der Waals surface area contributed by atoms with Crippen molar-refractivity contribution in [1.29, 1.82) is 0 Å². The molecule has 0 bridgehead atoms. The Morgan fingerprint density at radius 2 is 1.81 bits per heavy atom. The van der Waals surface area contributed by atoms with Crippen molar-refractivity contribution >= 4 is 11.9 Å². The third-order valence-corrected chi connectivity index (χ3v) is 5.41. The average Bonchev–Trinajstić information content (AvgIpc) is 3.23. The molecule has 2 aromatic heterocycles. The lowest BCUT2D eigenvalue weighted by molar-refractivity contribution is 0.0709. The Labute approximate surface area is 159 Å². The molecule has 0 aromatic carbocycles. The molecule has 0 aliphatic carbocycles. The van der Waals surface area contributed by atoms with Gasteiger partial charge in [-0.25, -0.2) is 15.0 Å². The number of aryl methyl sites for hydroxylation is 1. The first-order valence-electron chi connectivity index (χ1n) is 9.71. The second kappa shape index (κ2) is 8.04. The van der Waals surface area contributed by atoms with Crippen molar-refractivity contribution < 1.29 is 9.53 Å². The largest absolute Gasteiger partial charge is 0.378 e. The van der Waals surface area contributed by atoms with Gasteiger partial charge in [-0.15, -0.1) is 0 Å². The standard InChI is InChI=1S/C19H26N6O2/c1-2-23-8-5-20-17(23)15-3-6-24(7-4-15)18(26)16-13-21-19(22-14-16)25-9-11-27-12-10-25/h5,8,13-15H,2-4,6-7,9-12H2,1H3. The van der Waals surface area contributed by atoms with Gasteiger partial charge in [-0.2, -0.15) is 0 Å². The number of anilines is 1. The Balaban J connectivity index is 1.36. The highest BCUT2D eigenvalue weighted by Gasteiger charge is 2.27. The van der Waals surface area contributed by atoms with Gasteiger partial charge in [0.05, 0.1) is 18.8 Å². The van der Waals surface area contributed by atoms with Crippen LogP contribution in [0, 0.1) is 0 Å². The predicted molar refractivity (Wildman–Crippen MR) is 101 cm³/mol. The molecule has 2 aliphatic rings. The fourth-order valence-corrected chi connectivity index (χ4v) is 3.83. The maximum atomic E-state index is 12.8. The molecule has 2 fully saturated rings. The van der Waals surface area contributed by atoms with Crippen LogP contribution < -0.4 is 4.90 Å². The molecule has 0 atom stereocenters. The van der Waals surface area contributed by atoms with Gasteiger partial charge in [-0.3, -0.25) is 4.79 Å². The van der Waals surface area contributed by atoms with E-state index in [-0.39, 0.29) is 5.91 Å². The third kappa shape index (κ3) is 3.80. The molecule has 144 valence electrons. The number of morpholine rings is 1. The van der Waals surface area contributed by atoms with Crippen molar-refractivity contribution in [3.8, 4) is 0 Å². The lowest BCUT2D eigenvalue weighted by Crippen LogP contribution is -2.39. The number of ether oxygens (including phenoxy) is 1. The van der Waals surface area contributed by atoms with Gasteiger partial charge in [-0.05, 0) is 19.8 Å². The predicted octanol–water partition coefficient (Wildman–Crippen LogP) is 1.55. The van der Waals surface area contributed by atoms with Crippen LogP contribution in [0.1, 0.15) is 41.9 Å². The van der Waals surface area contributed by atoms with E-state index in [1.807, 2.05) is 17.3 Å². The van der Waals surface area contributed by atoms with Crippen LogP contribution in [0.5, 0.6) is 0 Å². The quantitative estimate of drug-likeness (QED) is 0.813. The molecule has 4 heterocycles. The SMILES string of the molecule is CCn1ccnc1C1CCN(C(=O)c2cnc(N3CCOCC3)nc2)CC1. The monoisotopic (exact) mass is 370 g/mol. The minimum Gasteiger partial charge on any atom is -0.378 e. The Hall–Kier alpha value is -2.48. The van der Waals surface area contributed by atoms with Crippen LogP contribution in [0.25, 0.3) is 0 Å². The first kappa shape index (κ1) is 17.9. The van der Waals surface area contributed by atoms with E-state index in [1.54, 1.807) is 12.4 Å². The normalized spacial score (nSPS) is 18.7. The fourth-order valence-electron chi connectivity index (χ4n) is 3.83. The first-order valence-corrected chi connectivity index (χ1v) is 9.71. The van der Waals surface area contributed by atoms with Crippen LogP contribution in [0.4, 0.5) is 5.95 Å². The Bertz CT molecular complexity index is 761. The van der Waals surface area contributed by atoms with Gasteiger partial charge < -0.3 is 19.1 Å². The molecule has 4 rings (SSSR count). The minimum absolute atomic E-state index is 0.0146. The van der Waals surface area contributed by atoms with Gasteiger partial charge in [0.15, 0.2) is 0 Å². The summed E-state index contributed by atoms with van der Waals surface area (Å²) in [6.07, 6.45) is 9.07. The zero-order valence-corrected chi connectivity index (χ0v) is 15.8. The number of aromatic nitrogens is 4. The van der Waals surface area contributed by atoms with E-state index < -0.39 is 0 Å². The van der Waals surface area contributed by atoms with Crippen LogP contribution in [0.15, 0.2) is 24.8 Å². The van der Waals surface area contributed by atoms with Crippen LogP contribution in [-0.2, 0) is 11.3 Å². The number of hydrogen-bond donors (Lipinski definition) is 0. The van der Waals surface area contributed by atoms with E-state index in [2.05, 4.69) is 31.3 Å². The molecule has 0 spiro atoms. The molecule has 2 aromatic rings. The van der Waals surface area contributed by atoms with Gasteiger partial charge in [0.1, 0.15) is 5.82 Å². The molecule has 27 heavy (non-hydrogen) atoms. The fraction of sp³-hybridized carbons (Fsp3) is 0.579. The molecule has 0 saturated carbocycles. The Kier molecular flexibility index (Phi) is 5.33. The topological polar surface area (TPSA) is 76.4 Å². The van der Waals surface area contributed by atoms with Crippen LogP contribution in [0.3, 0.4) is 0 Å². The van der Waals surface area contributed by atoms with Gasteiger partial charge in [0, 0.05) is 63.4 Å². The van der Waals surface area contributed by atoms with Gasteiger partial charge in [-0.1, -0.05) is 0 Å². The number of imidazole rings is 1. The van der Waals surface area contributed by atoms with Gasteiger partial charge in [0.25, 0.3) is 5.91 Å². The number of hydrogen-bond acceptors (Lipinski definition) is 6. The van der Waals surface area contributed by atoms with Crippen molar-refractivity contribution in [2.45, 2.75) is 32.2 Å². The second-order valence-corrected chi connectivity index (χ2v) is 7.01. The molecule has 2 saturated heterocycles. The number of carbonyl (C=O) groups is 1. The smallest absolute Gasteiger partial charge is 0.256 e. The molecule has 8 nitrogen and oxygen atoms in total. The van der Waals surface area contributed by atoms with Gasteiger partial charge >= 0.3 is 0 Å². The van der Waals surface area contributed by atoms with Gasteiger partial charge in [0.2, 0.25) is 5.95 Å². The summed E-state index contributed by atoms with van der Waals surface area (Å²) in [7, 11) is 0. The molecular formula is C19H26N6O2. The van der Waals surface area contributed by atoms with Crippen LogP contribution in [0.2, 0.25) is 0 Å². The van der Waals surface area contributed by atoms with Crippen LogP contribution in [-0.4, -0.2) is 69.7 Å². The van der Waals surface area contributed by atoms with Crippen LogP contribution >= 0.6 is 0 Å². The maximum absolute atomic E-state index is 12.8. The molecule has 1 amide bonds. The first-order chi connectivity index (χ1) is 13.3.